The van der Waals surface area contributed by atoms with E-state index < -0.39 is 5.91 Å². The van der Waals surface area contributed by atoms with Crippen molar-refractivity contribution in [1.29, 1.82) is 0 Å². The van der Waals surface area contributed by atoms with Gasteiger partial charge in [0.25, 0.3) is 5.91 Å². The number of thiophene rings is 1. The number of anilines is 1. The highest BCUT2D eigenvalue weighted by atomic mass is 32.1. The molecule has 7 heteroatoms. The van der Waals surface area contributed by atoms with Crippen LogP contribution >= 0.6 is 11.3 Å². The van der Waals surface area contributed by atoms with E-state index in [-0.39, 0.29) is 12.3 Å². The number of primary amides is 1. The molecule has 1 aliphatic rings. The van der Waals surface area contributed by atoms with Gasteiger partial charge in [-0.25, -0.2) is 0 Å². The topological polar surface area (TPSA) is 90.7 Å². The average molecular weight is 417 g/mol. The van der Waals surface area contributed by atoms with Gasteiger partial charge in [0.2, 0.25) is 5.91 Å². The standard InChI is InChI=1S/C22H28N2O4S/c1-27-15-10-11-17(28-2)14(12-15)13-19(25)24-22-20(21(23)26)16-8-6-4-3-5-7-9-18(16)29-22/h10-12H,3-9,13H2,1-2H3,(H2,23,26)(H,24,25). The van der Waals surface area contributed by atoms with Crippen molar-refractivity contribution in [1.82, 2.24) is 0 Å². The van der Waals surface area contributed by atoms with Gasteiger partial charge in [0.1, 0.15) is 16.5 Å². The summed E-state index contributed by atoms with van der Waals surface area (Å²) < 4.78 is 10.6. The summed E-state index contributed by atoms with van der Waals surface area (Å²) in [5.41, 5.74) is 7.93. The molecule has 0 fully saturated rings. The first-order chi connectivity index (χ1) is 14.0. The molecule has 0 radical (unpaired) electrons. The van der Waals surface area contributed by atoms with Crippen molar-refractivity contribution in [2.45, 2.75) is 51.4 Å². The van der Waals surface area contributed by atoms with Crippen LogP contribution in [0.2, 0.25) is 0 Å². The quantitative estimate of drug-likeness (QED) is 0.742. The Labute approximate surface area is 175 Å². The number of benzene rings is 1. The van der Waals surface area contributed by atoms with Crippen molar-refractivity contribution >= 4 is 28.2 Å². The highest BCUT2D eigenvalue weighted by molar-refractivity contribution is 7.17. The van der Waals surface area contributed by atoms with Gasteiger partial charge < -0.3 is 20.5 Å². The van der Waals surface area contributed by atoms with E-state index in [0.717, 1.165) is 43.2 Å². The van der Waals surface area contributed by atoms with Crippen molar-refractivity contribution < 1.29 is 19.1 Å². The third-order valence-electron chi connectivity index (χ3n) is 5.26. The van der Waals surface area contributed by atoms with Crippen molar-refractivity contribution in [3.8, 4) is 11.5 Å². The lowest BCUT2D eigenvalue weighted by Crippen LogP contribution is -2.19. The van der Waals surface area contributed by atoms with Crippen LogP contribution in [0.5, 0.6) is 11.5 Å². The molecule has 0 saturated heterocycles. The summed E-state index contributed by atoms with van der Waals surface area (Å²) in [4.78, 5) is 26.2. The Bertz CT molecular complexity index is 891. The van der Waals surface area contributed by atoms with Crippen LogP contribution in [0.15, 0.2) is 18.2 Å². The number of carbonyl (C=O) groups excluding carboxylic acids is 2. The second-order valence-electron chi connectivity index (χ2n) is 7.24. The van der Waals surface area contributed by atoms with E-state index in [1.165, 1.54) is 29.1 Å². The van der Waals surface area contributed by atoms with E-state index in [0.29, 0.717) is 22.1 Å². The van der Waals surface area contributed by atoms with E-state index in [1.807, 2.05) is 0 Å². The number of nitrogens with one attached hydrogen (secondary N) is 1. The number of ether oxygens (including phenoxy) is 2. The van der Waals surface area contributed by atoms with E-state index in [4.69, 9.17) is 15.2 Å². The van der Waals surface area contributed by atoms with E-state index in [1.54, 1.807) is 32.4 Å². The number of rotatable bonds is 6. The number of amides is 2. The van der Waals surface area contributed by atoms with Gasteiger partial charge in [-0.1, -0.05) is 19.3 Å². The van der Waals surface area contributed by atoms with E-state index in [9.17, 15) is 9.59 Å². The zero-order valence-corrected chi connectivity index (χ0v) is 17.8. The van der Waals surface area contributed by atoms with Gasteiger partial charge in [-0.2, -0.15) is 0 Å². The maximum atomic E-state index is 12.8. The lowest BCUT2D eigenvalue weighted by molar-refractivity contribution is -0.115. The van der Waals surface area contributed by atoms with E-state index >= 15 is 0 Å². The lowest BCUT2D eigenvalue weighted by Gasteiger charge is -2.11. The maximum Gasteiger partial charge on any atom is 0.251 e. The lowest BCUT2D eigenvalue weighted by atomic mass is 10.0. The smallest absolute Gasteiger partial charge is 0.251 e. The molecule has 1 aromatic carbocycles. The third kappa shape index (κ3) is 5.09. The summed E-state index contributed by atoms with van der Waals surface area (Å²) in [6.07, 6.45) is 7.60. The minimum atomic E-state index is -0.476. The number of carbonyl (C=O) groups is 2. The number of methoxy groups -OCH3 is 2. The van der Waals surface area contributed by atoms with Crippen LogP contribution < -0.4 is 20.5 Å². The van der Waals surface area contributed by atoms with Crippen LogP contribution in [-0.4, -0.2) is 26.0 Å². The first-order valence-corrected chi connectivity index (χ1v) is 10.8. The maximum absolute atomic E-state index is 12.8. The molecule has 0 bridgehead atoms. The summed E-state index contributed by atoms with van der Waals surface area (Å²) in [7, 11) is 3.14. The minimum absolute atomic E-state index is 0.112. The average Bonchev–Trinajstić information content (AvgIpc) is 3.07. The first-order valence-electron chi connectivity index (χ1n) is 9.98. The summed E-state index contributed by atoms with van der Waals surface area (Å²) in [6.45, 7) is 0. The predicted molar refractivity (Wildman–Crippen MR) is 115 cm³/mol. The Balaban J connectivity index is 1.84. The Morgan fingerprint density at radius 2 is 1.79 bits per heavy atom. The second-order valence-corrected chi connectivity index (χ2v) is 8.35. The Morgan fingerprint density at radius 1 is 1.07 bits per heavy atom. The van der Waals surface area contributed by atoms with Crippen LogP contribution in [0.1, 0.15) is 58.5 Å². The third-order valence-corrected chi connectivity index (χ3v) is 6.47. The van der Waals surface area contributed by atoms with E-state index in [2.05, 4.69) is 5.32 Å². The highest BCUT2D eigenvalue weighted by Crippen LogP contribution is 2.37. The molecule has 0 aliphatic heterocycles. The van der Waals surface area contributed by atoms with Gasteiger partial charge in [0.05, 0.1) is 26.2 Å². The van der Waals surface area contributed by atoms with Gasteiger partial charge in [-0.3, -0.25) is 9.59 Å². The Hall–Kier alpha value is -2.54. The zero-order chi connectivity index (χ0) is 20.8. The SMILES string of the molecule is COc1ccc(OC)c(CC(=O)Nc2sc3c(c2C(N)=O)CCCCCCC3)c1. The van der Waals surface area contributed by atoms with Gasteiger partial charge in [0, 0.05) is 10.4 Å². The van der Waals surface area contributed by atoms with Crippen LogP contribution in [0, 0.1) is 0 Å². The molecule has 3 N–H and O–H groups in total. The van der Waals surface area contributed by atoms with Gasteiger partial charge in [0.15, 0.2) is 0 Å². The molecule has 6 nitrogen and oxygen atoms in total. The molecule has 156 valence electrons. The normalized spacial score (nSPS) is 14.1. The van der Waals surface area contributed by atoms with Crippen LogP contribution in [0.25, 0.3) is 0 Å². The molecule has 29 heavy (non-hydrogen) atoms. The van der Waals surface area contributed by atoms with Crippen LogP contribution in [-0.2, 0) is 24.1 Å². The zero-order valence-electron chi connectivity index (χ0n) is 17.0. The fourth-order valence-electron chi connectivity index (χ4n) is 3.81. The summed E-state index contributed by atoms with van der Waals surface area (Å²) in [5.74, 6) is 0.578. The van der Waals surface area contributed by atoms with Gasteiger partial charge in [-0.15, -0.1) is 11.3 Å². The monoisotopic (exact) mass is 416 g/mol. The molecule has 1 aromatic heterocycles. The summed E-state index contributed by atoms with van der Waals surface area (Å²) in [6, 6.07) is 5.34. The fourth-order valence-corrected chi connectivity index (χ4v) is 5.12. The molecule has 2 amide bonds. The molecule has 1 heterocycles. The van der Waals surface area contributed by atoms with Crippen LogP contribution in [0.4, 0.5) is 5.00 Å². The molecule has 0 unspecified atom stereocenters. The molecule has 3 rings (SSSR count). The number of nitrogens with two attached hydrogens (primary N) is 1. The number of hydrogen-bond donors (Lipinski definition) is 2. The Morgan fingerprint density at radius 3 is 2.48 bits per heavy atom. The fraction of sp³-hybridized carbons (Fsp3) is 0.455. The number of fused-ring (bicyclic) bond motifs is 1. The minimum Gasteiger partial charge on any atom is -0.497 e. The predicted octanol–water partition coefficient (Wildman–Crippen LogP) is 4.09. The van der Waals surface area contributed by atoms with Crippen molar-refractivity contribution in [3.63, 3.8) is 0 Å². The molecule has 0 saturated carbocycles. The number of aryl methyl sites for hydroxylation is 1. The summed E-state index contributed by atoms with van der Waals surface area (Å²) in [5, 5.41) is 3.49. The van der Waals surface area contributed by atoms with Crippen molar-refractivity contribution in [2.24, 2.45) is 5.73 Å². The van der Waals surface area contributed by atoms with Gasteiger partial charge in [-0.05, 0) is 49.4 Å². The number of hydrogen-bond acceptors (Lipinski definition) is 5. The van der Waals surface area contributed by atoms with Crippen molar-refractivity contribution in [3.05, 3.63) is 39.8 Å². The Kier molecular flexibility index (Phi) is 7.14. The highest BCUT2D eigenvalue weighted by Gasteiger charge is 2.24. The largest absolute Gasteiger partial charge is 0.497 e. The molecular weight excluding hydrogens is 388 g/mol. The van der Waals surface area contributed by atoms with Gasteiger partial charge >= 0.3 is 0 Å². The van der Waals surface area contributed by atoms with Crippen molar-refractivity contribution in [2.75, 3.05) is 19.5 Å². The molecule has 2 aromatic rings. The molecule has 0 spiro atoms. The first kappa shape index (κ1) is 21.2. The molecule has 1 aliphatic carbocycles. The van der Waals surface area contributed by atoms with Crippen LogP contribution in [0.3, 0.4) is 0 Å². The summed E-state index contributed by atoms with van der Waals surface area (Å²) >= 11 is 1.49. The molecule has 0 atom stereocenters. The second kappa shape index (κ2) is 9.78. The molecular formula is C22H28N2O4S.